The third kappa shape index (κ3) is 6.81. The molecule has 0 bridgehead atoms. The van der Waals surface area contributed by atoms with Gasteiger partial charge in [-0.05, 0) is 47.9 Å². The summed E-state index contributed by atoms with van der Waals surface area (Å²) in [5, 5.41) is 0. The number of aryl methyl sites for hydroxylation is 1. The van der Waals surface area contributed by atoms with E-state index in [4.69, 9.17) is 4.74 Å². The number of carbonyl (C=O) groups excluding carboxylic acids is 3. The maximum atomic E-state index is 12.7. The van der Waals surface area contributed by atoms with Gasteiger partial charge in [-0.3, -0.25) is 14.4 Å². The molecule has 1 saturated heterocycles. The average Bonchev–Trinajstić information content (AvgIpc) is 2.92. The summed E-state index contributed by atoms with van der Waals surface area (Å²) in [5.74, 6) is 0.672. The molecule has 0 unspecified atom stereocenters. The molecule has 0 saturated carbocycles. The van der Waals surface area contributed by atoms with E-state index in [2.05, 4.69) is 0 Å². The smallest absolute Gasteiger partial charge is 0.227 e. The molecule has 6 nitrogen and oxygen atoms in total. The van der Waals surface area contributed by atoms with E-state index < -0.39 is 0 Å². The van der Waals surface area contributed by atoms with Crippen molar-refractivity contribution in [1.29, 1.82) is 0 Å². The molecule has 4 rings (SSSR count). The van der Waals surface area contributed by atoms with Crippen LogP contribution in [0.4, 0.5) is 0 Å². The first kappa shape index (κ1) is 25.2. The number of rotatable bonds is 9. The maximum absolute atomic E-state index is 12.7. The summed E-state index contributed by atoms with van der Waals surface area (Å²) in [5.41, 5.74) is 3.79. The van der Waals surface area contributed by atoms with Crippen LogP contribution < -0.4 is 4.74 Å². The molecular formula is C30H32N2O4. The van der Waals surface area contributed by atoms with Crippen LogP contribution in [0, 0.1) is 6.92 Å². The minimum atomic E-state index is -0.0648. The molecule has 3 aromatic rings. The van der Waals surface area contributed by atoms with Gasteiger partial charge in [0.05, 0.1) is 6.42 Å². The number of hydrogen-bond donors (Lipinski definition) is 0. The summed E-state index contributed by atoms with van der Waals surface area (Å²) in [7, 11) is 0. The van der Waals surface area contributed by atoms with Gasteiger partial charge in [-0.15, -0.1) is 0 Å². The molecule has 0 aromatic heterocycles. The van der Waals surface area contributed by atoms with Gasteiger partial charge in [-0.25, -0.2) is 0 Å². The van der Waals surface area contributed by atoms with E-state index in [1.165, 1.54) is 0 Å². The minimum Gasteiger partial charge on any atom is -0.489 e. The van der Waals surface area contributed by atoms with E-state index in [-0.39, 0.29) is 30.4 Å². The molecule has 1 aliphatic heterocycles. The Labute approximate surface area is 212 Å². The van der Waals surface area contributed by atoms with Crippen molar-refractivity contribution in [3.63, 3.8) is 0 Å². The Bertz CT molecular complexity index is 1180. The molecule has 36 heavy (non-hydrogen) atoms. The Balaban J connectivity index is 1.18. The Morgan fingerprint density at radius 1 is 0.722 bits per heavy atom. The predicted molar refractivity (Wildman–Crippen MR) is 139 cm³/mol. The number of ether oxygens (including phenoxy) is 1. The van der Waals surface area contributed by atoms with Crippen molar-refractivity contribution in [2.24, 2.45) is 0 Å². The lowest BCUT2D eigenvalue weighted by molar-refractivity contribution is -0.139. The lowest BCUT2D eigenvalue weighted by Gasteiger charge is -2.35. The lowest BCUT2D eigenvalue weighted by Crippen LogP contribution is -2.51. The first-order valence-electron chi connectivity index (χ1n) is 12.4. The highest BCUT2D eigenvalue weighted by atomic mass is 16.5. The van der Waals surface area contributed by atoms with E-state index in [0.29, 0.717) is 50.5 Å². The molecule has 0 aliphatic carbocycles. The van der Waals surface area contributed by atoms with E-state index in [1.54, 1.807) is 29.2 Å². The number of Topliss-reactive ketones (excluding diaryl/α,β-unsaturated/α-hetero) is 1. The topological polar surface area (TPSA) is 66.9 Å². The third-order valence-corrected chi connectivity index (χ3v) is 6.58. The highest BCUT2D eigenvalue weighted by molar-refractivity contribution is 5.98. The van der Waals surface area contributed by atoms with E-state index in [9.17, 15) is 14.4 Å². The number of piperazine rings is 1. The first-order chi connectivity index (χ1) is 17.5. The van der Waals surface area contributed by atoms with Crippen molar-refractivity contribution in [3.05, 3.63) is 101 Å². The molecule has 1 heterocycles. The second-order valence-corrected chi connectivity index (χ2v) is 9.09. The summed E-state index contributed by atoms with van der Waals surface area (Å²) >= 11 is 0. The van der Waals surface area contributed by atoms with Gasteiger partial charge in [0.1, 0.15) is 12.4 Å². The molecular weight excluding hydrogens is 452 g/mol. The SMILES string of the molecule is Cc1ccccc1CC(=O)N1CCN(C(=O)CCC(=O)c2ccc(OCc3ccccc3)cc2)CC1. The van der Waals surface area contributed by atoms with Crippen molar-refractivity contribution in [2.75, 3.05) is 26.2 Å². The van der Waals surface area contributed by atoms with Crippen molar-refractivity contribution < 1.29 is 19.1 Å². The molecule has 3 aromatic carbocycles. The first-order valence-corrected chi connectivity index (χ1v) is 12.4. The van der Waals surface area contributed by atoms with Gasteiger partial charge in [0.25, 0.3) is 0 Å². The zero-order valence-corrected chi connectivity index (χ0v) is 20.7. The van der Waals surface area contributed by atoms with Gasteiger partial charge >= 0.3 is 0 Å². The maximum Gasteiger partial charge on any atom is 0.227 e. The van der Waals surface area contributed by atoms with Crippen LogP contribution >= 0.6 is 0 Å². The zero-order valence-electron chi connectivity index (χ0n) is 20.7. The number of nitrogens with zero attached hydrogens (tertiary/aromatic N) is 2. The number of ketones is 1. The lowest BCUT2D eigenvalue weighted by atomic mass is 10.0. The van der Waals surface area contributed by atoms with Gasteiger partial charge < -0.3 is 14.5 Å². The molecule has 186 valence electrons. The van der Waals surface area contributed by atoms with Crippen LogP contribution in [-0.4, -0.2) is 53.6 Å². The van der Waals surface area contributed by atoms with Crippen LogP contribution in [0.2, 0.25) is 0 Å². The van der Waals surface area contributed by atoms with Gasteiger partial charge in [-0.2, -0.15) is 0 Å². The van der Waals surface area contributed by atoms with Gasteiger partial charge in [0.2, 0.25) is 11.8 Å². The second kappa shape index (κ2) is 12.2. The average molecular weight is 485 g/mol. The second-order valence-electron chi connectivity index (χ2n) is 9.09. The van der Waals surface area contributed by atoms with Crippen molar-refractivity contribution in [3.8, 4) is 5.75 Å². The molecule has 0 spiro atoms. The Morgan fingerprint density at radius 2 is 1.33 bits per heavy atom. The molecule has 2 amide bonds. The van der Waals surface area contributed by atoms with Crippen molar-refractivity contribution >= 4 is 17.6 Å². The fourth-order valence-electron chi connectivity index (χ4n) is 4.29. The summed E-state index contributed by atoms with van der Waals surface area (Å²) in [6.07, 6.45) is 0.711. The normalized spacial score (nSPS) is 13.4. The summed E-state index contributed by atoms with van der Waals surface area (Å²) in [4.78, 5) is 41.5. The Hall–Kier alpha value is -3.93. The van der Waals surface area contributed by atoms with Crippen molar-refractivity contribution in [1.82, 2.24) is 9.80 Å². The highest BCUT2D eigenvalue weighted by Gasteiger charge is 2.24. The number of hydrogen-bond acceptors (Lipinski definition) is 4. The van der Waals surface area contributed by atoms with Gasteiger partial charge in [0, 0.05) is 44.6 Å². The fraction of sp³-hybridized carbons (Fsp3) is 0.300. The molecule has 1 aliphatic rings. The summed E-state index contributed by atoms with van der Waals surface area (Å²) in [6.45, 7) is 4.52. The van der Waals surface area contributed by atoms with Crippen LogP contribution in [0.25, 0.3) is 0 Å². The number of amides is 2. The quantitative estimate of drug-likeness (QED) is 0.421. The summed E-state index contributed by atoms with van der Waals surface area (Å²) in [6, 6.07) is 24.8. The largest absolute Gasteiger partial charge is 0.489 e. The predicted octanol–water partition coefficient (Wildman–Crippen LogP) is 4.45. The molecule has 0 radical (unpaired) electrons. The van der Waals surface area contributed by atoms with E-state index >= 15 is 0 Å². The van der Waals surface area contributed by atoms with Gasteiger partial charge in [-0.1, -0.05) is 54.6 Å². The third-order valence-electron chi connectivity index (χ3n) is 6.58. The Kier molecular flexibility index (Phi) is 8.50. The number of benzene rings is 3. The van der Waals surface area contributed by atoms with Crippen LogP contribution in [0.5, 0.6) is 5.75 Å². The fourth-order valence-corrected chi connectivity index (χ4v) is 4.29. The van der Waals surface area contributed by atoms with Crippen LogP contribution in [-0.2, 0) is 22.6 Å². The molecule has 1 fully saturated rings. The minimum absolute atomic E-state index is 0.0443. The highest BCUT2D eigenvalue weighted by Crippen LogP contribution is 2.17. The molecule has 6 heteroatoms. The molecule has 0 atom stereocenters. The van der Waals surface area contributed by atoms with E-state index in [0.717, 1.165) is 16.7 Å². The summed E-state index contributed by atoms with van der Waals surface area (Å²) < 4.78 is 5.77. The van der Waals surface area contributed by atoms with E-state index in [1.807, 2.05) is 66.4 Å². The number of carbonyl (C=O) groups is 3. The standard InChI is InChI=1S/C30H32N2O4/c1-23-7-5-6-10-26(23)21-30(35)32-19-17-31(18-20-32)29(34)16-15-28(33)25-11-13-27(14-12-25)36-22-24-8-3-2-4-9-24/h2-14H,15-22H2,1H3. The monoisotopic (exact) mass is 484 g/mol. The molecule has 0 N–H and O–H groups in total. The van der Waals surface area contributed by atoms with Crippen molar-refractivity contribution in [2.45, 2.75) is 32.8 Å². The Morgan fingerprint density at radius 3 is 2.00 bits per heavy atom. The van der Waals surface area contributed by atoms with Crippen LogP contribution in [0.15, 0.2) is 78.9 Å². The van der Waals surface area contributed by atoms with Crippen LogP contribution in [0.1, 0.15) is 39.9 Å². The zero-order chi connectivity index (χ0) is 25.3. The van der Waals surface area contributed by atoms with Gasteiger partial charge in [0.15, 0.2) is 5.78 Å². The van der Waals surface area contributed by atoms with Crippen LogP contribution in [0.3, 0.4) is 0 Å².